The van der Waals surface area contributed by atoms with E-state index in [9.17, 15) is 0 Å². The highest BCUT2D eigenvalue weighted by molar-refractivity contribution is 5.80. The van der Waals surface area contributed by atoms with Crippen LogP contribution >= 0.6 is 0 Å². The molecular weight excluding hydrogens is 386 g/mol. The average molecular weight is 422 g/mol. The van der Waals surface area contributed by atoms with E-state index in [0.717, 1.165) is 63.2 Å². The highest BCUT2D eigenvalue weighted by atomic mass is 15.2. The lowest BCUT2D eigenvalue weighted by Crippen LogP contribution is -2.48. The second-order valence-electron chi connectivity index (χ2n) is 8.44. The minimum atomic E-state index is 0.427. The fourth-order valence-electron chi connectivity index (χ4n) is 4.41. The molecule has 0 amide bonds. The normalized spacial score (nSPS) is 18.5. The molecule has 2 saturated heterocycles. The SMILES string of the molecule is CN=C(NCc1ccnc(N2CCCCCC2)c1)NC1CCN(c2ccccn2)CC1. The summed E-state index contributed by atoms with van der Waals surface area (Å²) in [6.07, 6.45) is 11.1. The molecule has 7 heteroatoms. The molecule has 166 valence electrons. The van der Waals surface area contributed by atoms with Crippen molar-refractivity contribution in [2.45, 2.75) is 51.1 Å². The summed E-state index contributed by atoms with van der Waals surface area (Å²) in [6.45, 7) is 4.99. The van der Waals surface area contributed by atoms with E-state index in [-0.39, 0.29) is 0 Å². The standard InChI is InChI=1S/C24H35N7/c1-25-24(29-21-10-16-31(17-11-21)22-8-4-5-12-26-22)28-19-20-9-13-27-23(18-20)30-14-6-2-3-7-15-30/h4-5,8-9,12-13,18,21H,2-3,6-7,10-11,14-17,19H2,1H3,(H2,25,28,29). The van der Waals surface area contributed by atoms with Gasteiger partial charge < -0.3 is 20.4 Å². The number of nitrogens with one attached hydrogen (secondary N) is 2. The largest absolute Gasteiger partial charge is 0.357 e. The van der Waals surface area contributed by atoms with Crippen LogP contribution in [0, 0.1) is 0 Å². The van der Waals surface area contributed by atoms with Gasteiger partial charge in [0.1, 0.15) is 11.6 Å². The Labute approximate surface area is 186 Å². The number of rotatable bonds is 5. The molecule has 4 rings (SSSR count). The van der Waals surface area contributed by atoms with Crippen molar-refractivity contribution in [3.8, 4) is 0 Å². The van der Waals surface area contributed by atoms with Gasteiger partial charge in [0.05, 0.1) is 0 Å². The van der Waals surface area contributed by atoms with E-state index in [1.54, 1.807) is 0 Å². The predicted molar refractivity (Wildman–Crippen MR) is 128 cm³/mol. The number of hydrogen-bond acceptors (Lipinski definition) is 5. The molecule has 0 aromatic carbocycles. The minimum absolute atomic E-state index is 0.427. The molecule has 2 aromatic rings. The summed E-state index contributed by atoms with van der Waals surface area (Å²) in [5.74, 6) is 3.04. The first-order valence-corrected chi connectivity index (χ1v) is 11.6. The molecule has 0 unspecified atom stereocenters. The highest BCUT2D eigenvalue weighted by Gasteiger charge is 2.20. The molecule has 2 aromatic heterocycles. The van der Waals surface area contributed by atoms with E-state index in [1.165, 1.54) is 31.2 Å². The fourth-order valence-corrected chi connectivity index (χ4v) is 4.41. The van der Waals surface area contributed by atoms with E-state index in [1.807, 2.05) is 25.5 Å². The van der Waals surface area contributed by atoms with Crippen molar-refractivity contribution in [2.75, 3.05) is 43.0 Å². The van der Waals surface area contributed by atoms with Crippen LogP contribution in [0.5, 0.6) is 0 Å². The molecular formula is C24H35N7. The van der Waals surface area contributed by atoms with Gasteiger partial charge in [-0.3, -0.25) is 4.99 Å². The third kappa shape index (κ3) is 6.09. The molecule has 0 bridgehead atoms. The summed E-state index contributed by atoms with van der Waals surface area (Å²) in [4.78, 5) is 18.3. The number of aromatic nitrogens is 2. The van der Waals surface area contributed by atoms with Crippen LogP contribution in [0.15, 0.2) is 47.7 Å². The molecule has 7 nitrogen and oxygen atoms in total. The third-order valence-electron chi connectivity index (χ3n) is 6.23. The van der Waals surface area contributed by atoms with Crippen LogP contribution in [-0.4, -0.2) is 55.2 Å². The van der Waals surface area contributed by atoms with Gasteiger partial charge in [0.2, 0.25) is 0 Å². The zero-order valence-electron chi connectivity index (χ0n) is 18.6. The Bertz CT molecular complexity index is 823. The zero-order chi connectivity index (χ0) is 21.3. The average Bonchev–Trinajstić information content (AvgIpc) is 3.13. The smallest absolute Gasteiger partial charge is 0.191 e. The first kappa shape index (κ1) is 21.4. The number of aliphatic imine (C=N–C) groups is 1. The van der Waals surface area contributed by atoms with Crippen LogP contribution in [0.1, 0.15) is 44.1 Å². The van der Waals surface area contributed by atoms with Gasteiger partial charge in [0.25, 0.3) is 0 Å². The van der Waals surface area contributed by atoms with Crippen molar-refractivity contribution >= 4 is 17.6 Å². The second-order valence-corrected chi connectivity index (χ2v) is 8.44. The molecule has 31 heavy (non-hydrogen) atoms. The van der Waals surface area contributed by atoms with Gasteiger partial charge in [-0.15, -0.1) is 0 Å². The Kier molecular flexibility index (Phi) is 7.58. The number of pyridine rings is 2. The lowest BCUT2D eigenvalue weighted by molar-refractivity contribution is 0.459. The van der Waals surface area contributed by atoms with Crippen molar-refractivity contribution in [3.05, 3.63) is 48.3 Å². The topological polar surface area (TPSA) is 68.7 Å². The van der Waals surface area contributed by atoms with Gasteiger partial charge in [0.15, 0.2) is 5.96 Å². The van der Waals surface area contributed by atoms with Crippen molar-refractivity contribution in [1.82, 2.24) is 20.6 Å². The summed E-state index contributed by atoms with van der Waals surface area (Å²) >= 11 is 0. The molecule has 2 aliphatic rings. The molecule has 0 spiro atoms. The molecule has 2 N–H and O–H groups in total. The van der Waals surface area contributed by atoms with Gasteiger partial charge in [-0.25, -0.2) is 9.97 Å². The van der Waals surface area contributed by atoms with E-state index < -0.39 is 0 Å². The molecule has 2 fully saturated rings. The van der Waals surface area contributed by atoms with Crippen LogP contribution < -0.4 is 20.4 Å². The van der Waals surface area contributed by atoms with E-state index in [0.29, 0.717) is 6.04 Å². The number of guanidine groups is 1. The minimum Gasteiger partial charge on any atom is -0.357 e. The third-order valence-corrected chi connectivity index (χ3v) is 6.23. The summed E-state index contributed by atoms with van der Waals surface area (Å²) in [5, 5.41) is 7.08. The lowest BCUT2D eigenvalue weighted by Gasteiger charge is -2.33. The van der Waals surface area contributed by atoms with E-state index >= 15 is 0 Å². The van der Waals surface area contributed by atoms with Crippen LogP contribution in [0.4, 0.5) is 11.6 Å². The Hall–Kier alpha value is -2.83. The number of piperidine rings is 1. The fraction of sp³-hybridized carbons (Fsp3) is 0.542. The maximum atomic E-state index is 4.62. The van der Waals surface area contributed by atoms with Gasteiger partial charge >= 0.3 is 0 Å². The second kappa shape index (κ2) is 11.0. The van der Waals surface area contributed by atoms with Crippen LogP contribution in [0.2, 0.25) is 0 Å². The summed E-state index contributed by atoms with van der Waals surface area (Å²) < 4.78 is 0. The summed E-state index contributed by atoms with van der Waals surface area (Å²) in [5.41, 5.74) is 1.24. The Balaban J connectivity index is 1.26. The summed E-state index contributed by atoms with van der Waals surface area (Å²) in [7, 11) is 1.84. The maximum Gasteiger partial charge on any atom is 0.191 e. The number of hydrogen-bond donors (Lipinski definition) is 2. The monoisotopic (exact) mass is 421 g/mol. The Morgan fingerprint density at radius 3 is 2.39 bits per heavy atom. The van der Waals surface area contributed by atoms with Crippen LogP contribution in [-0.2, 0) is 6.54 Å². The molecule has 2 aliphatic heterocycles. The lowest BCUT2D eigenvalue weighted by atomic mass is 10.1. The van der Waals surface area contributed by atoms with Crippen molar-refractivity contribution < 1.29 is 0 Å². The van der Waals surface area contributed by atoms with Crippen molar-refractivity contribution in [3.63, 3.8) is 0 Å². The Morgan fingerprint density at radius 1 is 0.935 bits per heavy atom. The first-order valence-electron chi connectivity index (χ1n) is 11.6. The van der Waals surface area contributed by atoms with Gasteiger partial charge in [-0.2, -0.15) is 0 Å². The highest BCUT2D eigenvalue weighted by Crippen LogP contribution is 2.19. The van der Waals surface area contributed by atoms with E-state index in [4.69, 9.17) is 0 Å². The van der Waals surface area contributed by atoms with Gasteiger partial charge in [0, 0.05) is 58.2 Å². The zero-order valence-corrected chi connectivity index (χ0v) is 18.6. The molecule has 4 heterocycles. The quantitative estimate of drug-likeness (QED) is 0.571. The molecule has 0 aliphatic carbocycles. The Morgan fingerprint density at radius 2 is 1.68 bits per heavy atom. The van der Waals surface area contributed by atoms with Crippen molar-refractivity contribution in [1.29, 1.82) is 0 Å². The van der Waals surface area contributed by atoms with E-state index in [2.05, 4.69) is 59.7 Å². The number of anilines is 2. The van der Waals surface area contributed by atoms with Gasteiger partial charge in [-0.05, 0) is 55.5 Å². The van der Waals surface area contributed by atoms with Crippen LogP contribution in [0.25, 0.3) is 0 Å². The summed E-state index contributed by atoms with van der Waals surface area (Å²) in [6, 6.07) is 10.8. The van der Waals surface area contributed by atoms with Crippen LogP contribution in [0.3, 0.4) is 0 Å². The maximum absolute atomic E-state index is 4.62. The number of nitrogens with zero attached hydrogens (tertiary/aromatic N) is 5. The molecule has 0 saturated carbocycles. The van der Waals surface area contributed by atoms with Crippen molar-refractivity contribution in [2.24, 2.45) is 4.99 Å². The molecule has 0 atom stereocenters. The van der Waals surface area contributed by atoms with Gasteiger partial charge in [-0.1, -0.05) is 18.9 Å². The molecule has 0 radical (unpaired) electrons. The predicted octanol–water partition coefficient (Wildman–Crippen LogP) is 3.19. The first-order chi connectivity index (χ1) is 15.3.